The van der Waals surface area contributed by atoms with Gasteiger partial charge in [-0.05, 0) is 5.92 Å². The van der Waals surface area contributed by atoms with Crippen molar-refractivity contribution in [3.63, 3.8) is 0 Å². The van der Waals surface area contributed by atoms with Crippen molar-refractivity contribution in [2.45, 2.75) is 13.8 Å². The SMILES string of the molecule is CC(C)COc1ccnc(=O)[nH]1. The van der Waals surface area contributed by atoms with Crippen LogP contribution in [0, 0.1) is 5.92 Å². The molecule has 0 spiro atoms. The van der Waals surface area contributed by atoms with Crippen LogP contribution >= 0.6 is 0 Å². The molecule has 12 heavy (non-hydrogen) atoms. The molecule has 1 heterocycles. The van der Waals surface area contributed by atoms with E-state index in [2.05, 4.69) is 9.97 Å². The summed E-state index contributed by atoms with van der Waals surface area (Å²) in [6.07, 6.45) is 1.43. The fraction of sp³-hybridized carbons (Fsp3) is 0.500. The van der Waals surface area contributed by atoms with E-state index in [9.17, 15) is 4.79 Å². The van der Waals surface area contributed by atoms with E-state index in [0.717, 1.165) is 0 Å². The molecule has 1 N–H and O–H groups in total. The average Bonchev–Trinajstić information content (AvgIpc) is 2.01. The van der Waals surface area contributed by atoms with E-state index >= 15 is 0 Å². The first-order chi connectivity index (χ1) is 5.68. The maximum atomic E-state index is 10.7. The number of nitrogens with one attached hydrogen (secondary N) is 1. The van der Waals surface area contributed by atoms with Crippen LogP contribution in [0.1, 0.15) is 13.8 Å². The third-order valence-electron chi connectivity index (χ3n) is 1.22. The van der Waals surface area contributed by atoms with Crippen molar-refractivity contribution in [3.05, 3.63) is 22.7 Å². The van der Waals surface area contributed by atoms with Crippen molar-refractivity contribution in [3.8, 4) is 5.88 Å². The number of H-pyrrole nitrogens is 1. The summed E-state index contributed by atoms with van der Waals surface area (Å²) in [6, 6.07) is 1.63. The maximum absolute atomic E-state index is 10.7. The van der Waals surface area contributed by atoms with Crippen LogP contribution in [0.3, 0.4) is 0 Å². The minimum absolute atomic E-state index is 0.378. The summed E-state index contributed by atoms with van der Waals surface area (Å²) in [5.74, 6) is 0.922. The fourth-order valence-electron chi connectivity index (χ4n) is 0.693. The molecule has 0 unspecified atom stereocenters. The van der Waals surface area contributed by atoms with Gasteiger partial charge in [0.05, 0.1) is 6.61 Å². The molecule has 66 valence electrons. The Hall–Kier alpha value is -1.32. The van der Waals surface area contributed by atoms with Crippen molar-refractivity contribution in [2.75, 3.05) is 6.61 Å². The molecule has 1 aromatic rings. The molecule has 0 radical (unpaired) electrons. The van der Waals surface area contributed by atoms with Gasteiger partial charge in [0.15, 0.2) is 5.88 Å². The lowest BCUT2D eigenvalue weighted by molar-refractivity contribution is 0.260. The quantitative estimate of drug-likeness (QED) is 0.726. The molecule has 0 bridgehead atoms. The normalized spacial score (nSPS) is 10.2. The number of aromatic nitrogens is 2. The zero-order valence-electron chi connectivity index (χ0n) is 7.20. The molecular weight excluding hydrogens is 156 g/mol. The van der Waals surface area contributed by atoms with Crippen molar-refractivity contribution >= 4 is 0 Å². The molecule has 0 aromatic carbocycles. The van der Waals surface area contributed by atoms with Gasteiger partial charge in [-0.2, -0.15) is 0 Å². The molecule has 1 aromatic heterocycles. The topological polar surface area (TPSA) is 55.0 Å². The Bertz CT molecular complexity index is 293. The average molecular weight is 168 g/mol. The second-order valence-electron chi connectivity index (χ2n) is 2.94. The molecular formula is C8H12N2O2. The monoisotopic (exact) mass is 168 g/mol. The summed E-state index contributed by atoms with van der Waals surface area (Å²) < 4.78 is 5.25. The van der Waals surface area contributed by atoms with Crippen LogP contribution in [0.2, 0.25) is 0 Å². The van der Waals surface area contributed by atoms with Crippen LogP contribution in [0.25, 0.3) is 0 Å². The summed E-state index contributed by atoms with van der Waals surface area (Å²) >= 11 is 0. The van der Waals surface area contributed by atoms with Gasteiger partial charge in [-0.1, -0.05) is 13.8 Å². The summed E-state index contributed by atoms with van der Waals surface area (Å²) in [5, 5.41) is 0. The van der Waals surface area contributed by atoms with E-state index in [0.29, 0.717) is 18.4 Å². The van der Waals surface area contributed by atoms with E-state index in [1.54, 1.807) is 6.07 Å². The second kappa shape index (κ2) is 3.90. The Balaban J connectivity index is 2.58. The Morgan fingerprint density at radius 3 is 3.00 bits per heavy atom. The molecule has 0 fully saturated rings. The van der Waals surface area contributed by atoms with Crippen molar-refractivity contribution in [2.24, 2.45) is 5.92 Å². The first-order valence-corrected chi connectivity index (χ1v) is 3.86. The van der Waals surface area contributed by atoms with Gasteiger partial charge in [-0.15, -0.1) is 0 Å². The fourth-order valence-corrected chi connectivity index (χ4v) is 0.693. The minimum atomic E-state index is -0.378. The first-order valence-electron chi connectivity index (χ1n) is 3.86. The molecule has 0 aliphatic heterocycles. The first kappa shape index (κ1) is 8.77. The van der Waals surface area contributed by atoms with E-state index in [4.69, 9.17) is 4.74 Å². The number of rotatable bonds is 3. The molecule has 0 saturated heterocycles. The van der Waals surface area contributed by atoms with Crippen LogP contribution in [-0.2, 0) is 0 Å². The smallest absolute Gasteiger partial charge is 0.347 e. The maximum Gasteiger partial charge on any atom is 0.347 e. The number of hydrogen-bond donors (Lipinski definition) is 1. The lowest BCUT2D eigenvalue weighted by Crippen LogP contribution is -2.12. The number of hydrogen-bond acceptors (Lipinski definition) is 3. The zero-order valence-corrected chi connectivity index (χ0v) is 7.20. The number of ether oxygens (including phenoxy) is 1. The van der Waals surface area contributed by atoms with Crippen LogP contribution in [0.15, 0.2) is 17.1 Å². The van der Waals surface area contributed by atoms with Crippen LogP contribution < -0.4 is 10.4 Å². The van der Waals surface area contributed by atoms with Crippen molar-refractivity contribution in [1.82, 2.24) is 9.97 Å². The second-order valence-corrected chi connectivity index (χ2v) is 2.94. The molecule has 0 atom stereocenters. The van der Waals surface area contributed by atoms with Gasteiger partial charge in [0.2, 0.25) is 0 Å². The Morgan fingerprint density at radius 1 is 1.67 bits per heavy atom. The van der Waals surface area contributed by atoms with Gasteiger partial charge in [0.1, 0.15) is 0 Å². The van der Waals surface area contributed by atoms with Gasteiger partial charge in [0.25, 0.3) is 0 Å². The summed E-state index contributed by atoms with van der Waals surface area (Å²) in [5.41, 5.74) is -0.378. The minimum Gasteiger partial charge on any atom is -0.479 e. The predicted octanol–water partition coefficient (Wildman–Crippen LogP) is 0.805. The van der Waals surface area contributed by atoms with E-state index < -0.39 is 0 Å². The van der Waals surface area contributed by atoms with E-state index in [-0.39, 0.29) is 5.69 Å². The highest BCUT2D eigenvalue weighted by Crippen LogP contribution is 2.02. The van der Waals surface area contributed by atoms with Gasteiger partial charge in [-0.25, -0.2) is 9.78 Å². The van der Waals surface area contributed by atoms with Crippen LogP contribution in [-0.4, -0.2) is 16.6 Å². The van der Waals surface area contributed by atoms with E-state index in [1.165, 1.54) is 6.20 Å². The highest BCUT2D eigenvalue weighted by molar-refractivity contribution is 5.04. The van der Waals surface area contributed by atoms with Gasteiger partial charge < -0.3 is 4.74 Å². The van der Waals surface area contributed by atoms with E-state index in [1.807, 2.05) is 13.8 Å². The van der Waals surface area contributed by atoms with Crippen molar-refractivity contribution < 1.29 is 4.74 Å². The summed E-state index contributed by atoms with van der Waals surface area (Å²) in [4.78, 5) is 16.6. The summed E-state index contributed by atoms with van der Waals surface area (Å²) in [6.45, 7) is 4.68. The molecule has 4 heteroatoms. The highest BCUT2D eigenvalue weighted by atomic mass is 16.5. The third kappa shape index (κ3) is 2.74. The van der Waals surface area contributed by atoms with Gasteiger partial charge >= 0.3 is 5.69 Å². The highest BCUT2D eigenvalue weighted by Gasteiger charge is 1.96. The Kier molecular flexibility index (Phi) is 2.85. The Morgan fingerprint density at radius 2 is 2.42 bits per heavy atom. The molecule has 0 amide bonds. The lowest BCUT2D eigenvalue weighted by Gasteiger charge is -2.06. The zero-order chi connectivity index (χ0) is 8.97. The Labute approximate surface area is 70.6 Å². The molecule has 0 aliphatic carbocycles. The van der Waals surface area contributed by atoms with Crippen LogP contribution in [0.5, 0.6) is 5.88 Å². The molecule has 1 rings (SSSR count). The lowest BCUT2D eigenvalue weighted by atomic mass is 10.2. The van der Waals surface area contributed by atoms with Gasteiger partial charge in [-0.3, -0.25) is 4.98 Å². The van der Waals surface area contributed by atoms with Crippen molar-refractivity contribution in [1.29, 1.82) is 0 Å². The third-order valence-corrected chi connectivity index (χ3v) is 1.22. The molecule has 0 aliphatic rings. The summed E-state index contributed by atoms with van der Waals surface area (Å²) in [7, 11) is 0. The predicted molar refractivity (Wildman–Crippen MR) is 45.2 cm³/mol. The number of nitrogens with zero attached hydrogens (tertiary/aromatic N) is 1. The molecule has 0 saturated carbocycles. The number of aromatic amines is 1. The molecule has 4 nitrogen and oxygen atoms in total. The van der Waals surface area contributed by atoms with Crippen LogP contribution in [0.4, 0.5) is 0 Å². The largest absolute Gasteiger partial charge is 0.479 e. The standard InChI is InChI=1S/C8H12N2O2/c1-6(2)5-12-7-3-4-9-8(11)10-7/h3-4,6H,5H2,1-2H3,(H,9,10,11). The van der Waals surface area contributed by atoms with Gasteiger partial charge in [0, 0.05) is 12.3 Å².